The summed E-state index contributed by atoms with van der Waals surface area (Å²) in [6.45, 7) is 0. The van der Waals surface area contributed by atoms with E-state index in [0.29, 0.717) is 0 Å². The lowest BCUT2D eigenvalue weighted by atomic mass is 9.85. The summed E-state index contributed by atoms with van der Waals surface area (Å²) in [5.41, 5.74) is 0. The average molecular weight is 340 g/mol. The largest absolute Gasteiger partial charge is 0.387 e. The Morgan fingerprint density at radius 1 is 0.500 bits per heavy atom. The molecule has 2 spiro atoms. The summed E-state index contributed by atoms with van der Waals surface area (Å²) < 4.78 is 25.1. The van der Waals surface area contributed by atoms with E-state index in [0.717, 1.165) is 51.4 Å². The first-order valence-corrected chi connectivity index (χ1v) is 9.69. The van der Waals surface area contributed by atoms with E-state index >= 15 is 0 Å². The van der Waals surface area contributed by atoms with Crippen molar-refractivity contribution in [3.63, 3.8) is 0 Å². The second-order valence-corrected chi connectivity index (χ2v) is 8.25. The van der Waals surface area contributed by atoms with Gasteiger partial charge in [0.1, 0.15) is 36.6 Å². The van der Waals surface area contributed by atoms with Crippen molar-refractivity contribution in [2.75, 3.05) is 0 Å². The van der Waals surface area contributed by atoms with E-state index in [1.807, 2.05) is 0 Å². The smallest absolute Gasteiger partial charge is 0.169 e. The molecule has 3 saturated carbocycles. The quantitative estimate of drug-likeness (QED) is 0.698. The van der Waals surface area contributed by atoms with E-state index in [1.165, 1.54) is 12.8 Å². The van der Waals surface area contributed by atoms with Gasteiger partial charge in [-0.3, -0.25) is 0 Å². The molecule has 1 unspecified atom stereocenters. The summed E-state index contributed by atoms with van der Waals surface area (Å²) in [5, 5.41) is 21.2. The third-order valence-electron chi connectivity index (χ3n) is 6.63. The summed E-state index contributed by atoms with van der Waals surface area (Å²) in [7, 11) is 0. The molecular formula is C18H28O6. The highest BCUT2D eigenvalue weighted by Crippen LogP contribution is 2.51. The van der Waals surface area contributed by atoms with E-state index in [9.17, 15) is 10.2 Å². The fourth-order valence-corrected chi connectivity index (χ4v) is 5.39. The van der Waals surface area contributed by atoms with Gasteiger partial charge in [-0.1, -0.05) is 12.8 Å². The van der Waals surface area contributed by atoms with Crippen LogP contribution in [0.1, 0.15) is 64.2 Å². The topological polar surface area (TPSA) is 77.4 Å². The Kier molecular flexibility index (Phi) is 3.75. The Morgan fingerprint density at radius 2 is 0.833 bits per heavy atom. The van der Waals surface area contributed by atoms with Gasteiger partial charge in [-0.15, -0.1) is 0 Å². The van der Waals surface area contributed by atoms with Crippen LogP contribution >= 0.6 is 0 Å². The highest BCUT2D eigenvalue weighted by Gasteiger charge is 2.65. The molecule has 2 saturated heterocycles. The lowest BCUT2D eigenvalue weighted by molar-refractivity contribution is -0.224. The molecule has 2 aliphatic heterocycles. The van der Waals surface area contributed by atoms with E-state index < -0.39 is 36.0 Å². The van der Waals surface area contributed by atoms with Crippen LogP contribution in [-0.2, 0) is 18.9 Å². The highest BCUT2D eigenvalue weighted by molar-refractivity contribution is 5.09. The van der Waals surface area contributed by atoms with Gasteiger partial charge < -0.3 is 29.2 Å². The first-order chi connectivity index (χ1) is 11.6. The summed E-state index contributed by atoms with van der Waals surface area (Å²) in [6, 6.07) is 0. The second-order valence-electron chi connectivity index (χ2n) is 8.25. The summed E-state index contributed by atoms with van der Waals surface area (Å²) in [5.74, 6) is -1.20. The fourth-order valence-electron chi connectivity index (χ4n) is 5.39. The molecule has 6 atom stereocenters. The predicted octanol–water partition coefficient (Wildman–Crippen LogP) is 1.61. The lowest BCUT2D eigenvalue weighted by Crippen LogP contribution is -2.61. The molecule has 0 amide bonds. The van der Waals surface area contributed by atoms with Gasteiger partial charge in [0.05, 0.1) is 0 Å². The van der Waals surface area contributed by atoms with Gasteiger partial charge >= 0.3 is 0 Å². The molecule has 2 heterocycles. The Labute approximate surface area is 142 Å². The van der Waals surface area contributed by atoms with Crippen molar-refractivity contribution in [1.82, 2.24) is 0 Å². The predicted molar refractivity (Wildman–Crippen MR) is 83.1 cm³/mol. The molecule has 0 bridgehead atoms. The Morgan fingerprint density at radius 3 is 1.21 bits per heavy atom. The van der Waals surface area contributed by atoms with Crippen molar-refractivity contribution < 1.29 is 29.2 Å². The van der Waals surface area contributed by atoms with Gasteiger partial charge in [0.25, 0.3) is 0 Å². The number of hydrogen-bond donors (Lipinski definition) is 2. The Bertz CT molecular complexity index is 440. The van der Waals surface area contributed by atoms with Crippen molar-refractivity contribution in [2.45, 2.75) is 112 Å². The average Bonchev–Trinajstić information content (AvgIpc) is 3.14. The maximum absolute atomic E-state index is 10.6. The zero-order valence-electron chi connectivity index (χ0n) is 14.1. The van der Waals surface area contributed by atoms with Crippen LogP contribution in [0.4, 0.5) is 0 Å². The van der Waals surface area contributed by atoms with Crippen LogP contribution in [0.5, 0.6) is 0 Å². The van der Waals surface area contributed by atoms with Gasteiger partial charge in [-0.2, -0.15) is 0 Å². The van der Waals surface area contributed by atoms with Crippen LogP contribution in [0.3, 0.4) is 0 Å². The molecule has 0 aromatic rings. The number of hydrogen-bond acceptors (Lipinski definition) is 6. The Balaban J connectivity index is 1.42. The summed E-state index contributed by atoms with van der Waals surface area (Å²) in [6.07, 6.45) is 6.38. The normalized spacial score (nSPS) is 49.2. The standard InChI is InChI=1S/C18H28O6/c19-11-12(20)14-16(24-18(22-14)9-5-2-6-10-18)15-13(11)21-17(23-15)7-3-1-4-8-17/h11-16,19-20H,1-10H2/t11-,12-,13+,14?,15-,16-/m0/s1. The molecule has 2 N–H and O–H groups in total. The molecule has 0 aromatic carbocycles. The number of aliphatic hydroxyl groups is 2. The lowest BCUT2D eigenvalue weighted by Gasteiger charge is -2.38. The van der Waals surface area contributed by atoms with Crippen LogP contribution in [0, 0.1) is 0 Å². The zero-order chi connectivity index (χ0) is 16.4. The molecule has 3 aliphatic carbocycles. The van der Waals surface area contributed by atoms with E-state index in [1.54, 1.807) is 0 Å². The van der Waals surface area contributed by atoms with Gasteiger partial charge in [-0.05, 0) is 25.7 Å². The molecule has 6 nitrogen and oxygen atoms in total. The third-order valence-corrected chi connectivity index (χ3v) is 6.63. The molecule has 5 aliphatic rings. The van der Waals surface area contributed by atoms with Crippen molar-refractivity contribution in [3.8, 4) is 0 Å². The van der Waals surface area contributed by atoms with Gasteiger partial charge in [0.2, 0.25) is 0 Å². The van der Waals surface area contributed by atoms with E-state index in [4.69, 9.17) is 18.9 Å². The van der Waals surface area contributed by atoms with Crippen LogP contribution in [0.15, 0.2) is 0 Å². The van der Waals surface area contributed by atoms with Crippen LogP contribution in [0.25, 0.3) is 0 Å². The SMILES string of the molecule is O[C@@H]1[C@H]2OC3(CCCCC3)O[C@@H]2[C@H]2OC3(CCCCC3)OC2[C@H]1O. The Hall–Kier alpha value is -0.240. The van der Waals surface area contributed by atoms with Gasteiger partial charge in [0, 0.05) is 25.7 Å². The third kappa shape index (κ3) is 2.31. The summed E-state index contributed by atoms with van der Waals surface area (Å²) in [4.78, 5) is 0. The number of aliphatic hydroxyl groups excluding tert-OH is 2. The van der Waals surface area contributed by atoms with Crippen molar-refractivity contribution in [2.24, 2.45) is 0 Å². The maximum atomic E-state index is 10.6. The number of fused-ring (bicyclic) bond motifs is 3. The zero-order valence-corrected chi connectivity index (χ0v) is 14.1. The monoisotopic (exact) mass is 340 g/mol. The molecule has 0 aromatic heterocycles. The number of ether oxygens (including phenoxy) is 4. The molecule has 5 rings (SSSR count). The minimum Gasteiger partial charge on any atom is -0.387 e. The minimum absolute atomic E-state index is 0.354. The van der Waals surface area contributed by atoms with Gasteiger partial charge in [0.15, 0.2) is 11.6 Å². The first kappa shape index (κ1) is 16.0. The molecular weight excluding hydrogens is 312 g/mol. The minimum atomic E-state index is -0.986. The first-order valence-electron chi connectivity index (χ1n) is 9.69. The van der Waals surface area contributed by atoms with Crippen LogP contribution in [0.2, 0.25) is 0 Å². The fraction of sp³-hybridized carbons (Fsp3) is 1.00. The maximum Gasteiger partial charge on any atom is 0.169 e. The molecule has 24 heavy (non-hydrogen) atoms. The van der Waals surface area contributed by atoms with Gasteiger partial charge in [-0.25, -0.2) is 0 Å². The van der Waals surface area contributed by atoms with Crippen molar-refractivity contribution in [1.29, 1.82) is 0 Å². The molecule has 5 fully saturated rings. The van der Waals surface area contributed by atoms with Crippen LogP contribution < -0.4 is 0 Å². The number of rotatable bonds is 0. The van der Waals surface area contributed by atoms with E-state index in [2.05, 4.69) is 0 Å². The van der Waals surface area contributed by atoms with E-state index in [-0.39, 0.29) is 12.2 Å². The van der Waals surface area contributed by atoms with Crippen molar-refractivity contribution >= 4 is 0 Å². The highest BCUT2D eigenvalue weighted by atomic mass is 16.8. The summed E-state index contributed by atoms with van der Waals surface area (Å²) >= 11 is 0. The second kappa shape index (κ2) is 5.63. The molecule has 136 valence electrons. The van der Waals surface area contributed by atoms with Crippen LogP contribution in [-0.4, -0.2) is 58.4 Å². The molecule has 0 radical (unpaired) electrons. The molecule has 6 heteroatoms. The van der Waals surface area contributed by atoms with Crippen molar-refractivity contribution in [3.05, 3.63) is 0 Å².